The van der Waals surface area contributed by atoms with Crippen LogP contribution in [0.2, 0.25) is 0 Å². The number of carbonyl (C=O) groups is 4. The van der Waals surface area contributed by atoms with Crippen molar-refractivity contribution in [1.82, 2.24) is 29.8 Å². The summed E-state index contributed by atoms with van der Waals surface area (Å²) in [5.41, 5.74) is -6.86. The van der Waals surface area contributed by atoms with Gasteiger partial charge in [0.25, 0.3) is 5.91 Å². The summed E-state index contributed by atoms with van der Waals surface area (Å²) < 4.78 is 128. The molecule has 3 heterocycles. The van der Waals surface area contributed by atoms with Gasteiger partial charge in [-0.3, -0.25) is 24.0 Å². The lowest BCUT2D eigenvalue weighted by Crippen LogP contribution is -2.66. The Morgan fingerprint density at radius 1 is 1.06 bits per heavy atom. The van der Waals surface area contributed by atoms with Gasteiger partial charge in [0, 0.05) is 18.4 Å². The average molecular weight is 919 g/mol. The number of fused-ring (bicyclic) bond motifs is 3. The lowest BCUT2D eigenvalue weighted by atomic mass is 9.82. The topological polar surface area (TPSA) is 197 Å². The number of hydrogen-bond acceptors (Lipinski definition) is 10. The van der Waals surface area contributed by atoms with Crippen LogP contribution in [0, 0.1) is 17.8 Å². The van der Waals surface area contributed by atoms with Gasteiger partial charge >= 0.3 is 18.4 Å². The molecule has 348 valence electrons. The van der Waals surface area contributed by atoms with Crippen molar-refractivity contribution in [2.45, 2.75) is 146 Å². The maximum atomic E-state index is 15.1. The molecular formula is C41H52F6N6O9S. The minimum Gasteiger partial charge on any atom is -0.491 e. The van der Waals surface area contributed by atoms with Crippen molar-refractivity contribution in [3.63, 3.8) is 0 Å². The third-order valence-corrected chi connectivity index (χ3v) is 14.1. The Balaban J connectivity index is 1.46. The molecule has 4 amide bonds. The molecule has 3 fully saturated rings. The average Bonchev–Trinajstić information content (AvgIpc) is 4.09. The van der Waals surface area contributed by atoms with E-state index in [1.807, 2.05) is 0 Å². The summed E-state index contributed by atoms with van der Waals surface area (Å²) >= 11 is 0. The van der Waals surface area contributed by atoms with Gasteiger partial charge in [-0.2, -0.15) is 26.3 Å². The zero-order chi connectivity index (χ0) is 46.6. The second-order valence-electron chi connectivity index (χ2n) is 17.8. The molecule has 3 N–H and O–H groups in total. The summed E-state index contributed by atoms with van der Waals surface area (Å²) in [5.74, 6) is -6.32. The van der Waals surface area contributed by atoms with E-state index in [1.165, 1.54) is 18.2 Å². The van der Waals surface area contributed by atoms with Crippen LogP contribution in [0.3, 0.4) is 0 Å². The van der Waals surface area contributed by atoms with Gasteiger partial charge in [-0.25, -0.2) is 23.2 Å². The van der Waals surface area contributed by atoms with E-state index in [-0.39, 0.29) is 53.0 Å². The van der Waals surface area contributed by atoms with Gasteiger partial charge in [0.05, 0.1) is 28.9 Å². The van der Waals surface area contributed by atoms with Crippen molar-refractivity contribution in [2.75, 3.05) is 6.54 Å². The molecule has 15 nitrogen and oxygen atoms in total. The number of rotatable bonds is 10. The zero-order valence-electron chi connectivity index (χ0n) is 35.5. The Morgan fingerprint density at radius 3 is 2.33 bits per heavy atom. The van der Waals surface area contributed by atoms with E-state index in [2.05, 4.69) is 20.0 Å². The number of alkyl halides is 6. The second kappa shape index (κ2) is 17.2. The number of benzene rings is 1. The molecular weight excluding hydrogens is 867 g/mol. The van der Waals surface area contributed by atoms with Crippen LogP contribution in [0.15, 0.2) is 30.4 Å². The molecule has 0 spiro atoms. The number of nitrogens with zero attached hydrogens (tertiary/aromatic N) is 4. The molecule has 2 aliphatic heterocycles. The summed E-state index contributed by atoms with van der Waals surface area (Å²) in [6.07, 6.45) is -10.1. The van der Waals surface area contributed by atoms with Crippen molar-refractivity contribution in [3.8, 4) is 11.6 Å². The van der Waals surface area contributed by atoms with Crippen LogP contribution in [0.1, 0.15) is 98.6 Å². The minimum absolute atomic E-state index is 0.00386. The quantitative estimate of drug-likeness (QED) is 0.177. The molecule has 7 atom stereocenters. The number of ether oxygens (including phenoxy) is 2. The van der Waals surface area contributed by atoms with Crippen molar-refractivity contribution in [1.29, 1.82) is 0 Å². The number of amides is 4. The first-order valence-corrected chi connectivity index (χ1v) is 22.4. The maximum absolute atomic E-state index is 15.1. The van der Waals surface area contributed by atoms with Crippen LogP contribution in [0.5, 0.6) is 11.6 Å². The predicted octanol–water partition coefficient (Wildman–Crippen LogP) is 6.36. The van der Waals surface area contributed by atoms with E-state index in [9.17, 15) is 54.3 Å². The third-order valence-electron chi connectivity index (χ3n) is 12.2. The van der Waals surface area contributed by atoms with E-state index in [0.717, 1.165) is 4.90 Å². The lowest BCUT2D eigenvalue weighted by Gasteiger charge is -2.46. The molecule has 1 aromatic carbocycles. The van der Waals surface area contributed by atoms with Crippen LogP contribution in [-0.4, -0.2) is 110 Å². The fourth-order valence-corrected chi connectivity index (χ4v) is 9.82. The monoisotopic (exact) mass is 918 g/mol. The Hall–Kier alpha value is -4.89. The Morgan fingerprint density at radius 2 is 1.75 bits per heavy atom. The fourth-order valence-electron chi connectivity index (χ4n) is 8.46. The number of aromatic nitrogens is 2. The largest absolute Gasteiger partial charge is 0.491 e. The first-order chi connectivity index (χ1) is 29.2. The van der Waals surface area contributed by atoms with Gasteiger partial charge in [0.1, 0.15) is 35.0 Å². The number of halogens is 6. The highest BCUT2D eigenvalue weighted by Gasteiger charge is 2.63. The number of allylic oxidation sites excluding steroid dienone is 1. The molecule has 1 saturated heterocycles. The Bertz CT molecular complexity index is 2250. The molecule has 63 heavy (non-hydrogen) atoms. The van der Waals surface area contributed by atoms with E-state index in [4.69, 9.17) is 9.47 Å². The fraction of sp³-hybridized carbons (Fsp3) is 0.659. The number of hydrogen-bond donors (Lipinski definition) is 3. The number of sulfonamides is 1. The predicted molar refractivity (Wildman–Crippen MR) is 214 cm³/mol. The minimum atomic E-state index is -5.21. The van der Waals surface area contributed by atoms with Gasteiger partial charge in [0.15, 0.2) is 0 Å². The van der Waals surface area contributed by atoms with Crippen LogP contribution in [0.25, 0.3) is 11.0 Å². The molecule has 2 aliphatic carbocycles. The van der Waals surface area contributed by atoms with Crippen LogP contribution >= 0.6 is 0 Å². The molecule has 22 heteroatoms. The normalized spacial score (nSPS) is 27.5. The molecule has 1 aromatic heterocycles. The molecule has 6 rings (SSSR count). The van der Waals surface area contributed by atoms with Crippen molar-refractivity contribution in [3.05, 3.63) is 36.0 Å². The Kier molecular flexibility index (Phi) is 13.0. The molecule has 0 bridgehead atoms. The smallest absolute Gasteiger partial charge is 0.438 e. The summed E-state index contributed by atoms with van der Waals surface area (Å²) in [6.45, 7) is 7.27. The van der Waals surface area contributed by atoms with E-state index >= 15 is 4.79 Å². The van der Waals surface area contributed by atoms with Crippen molar-refractivity contribution < 1.29 is 68.5 Å². The standard InChI is InChI=1S/C41H52F6N6O9S/c1-7-23-16-22(4)10-8-9-11-24-19-39(24,36(56)51-63(59,60)27-13-14-27)50-33(54)30-18-26(20-52(30)35(55)31(23)53(37(57)58)38(5,6)41(45,46)47)62-34-32(40(42,43)44)48-28-15-12-25(61-21(2)3)17-29(28)49-34/h9,11-12,15,17,21-24,26-27,30-31H,7-8,10,13-14,16,18-20H2,1-6H3,(H,50,54)(H,51,56)(H,57,58)/t22-,23-,24-,26-,30+,31+,39-/m1/s1. The van der Waals surface area contributed by atoms with Crippen LogP contribution in [0.4, 0.5) is 31.1 Å². The highest BCUT2D eigenvalue weighted by Crippen LogP contribution is 2.47. The molecule has 4 aliphatic rings. The second-order valence-corrected chi connectivity index (χ2v) is 19.8. The summed E-state index contributed by atoms with van der Waals surface area (Å²) in [5, 5.41) is 12.3. The van der Waals surface area contributed by atoms with E-state index in [1.54, 1.807) is 39.8 Å². The number of carboxylic acid groups (broad SMARTS) is 1. The number of carbonyl (C=O) groups excluding carboxylic acids is 3. The van der Waals surface area contributed by atoms with E-state index < -0.39 is 117 Å². The summed E-state index contributed by atoms with van der Waals surface area (Å²) in [6, 6.07) is 0.136. The van der Waals surface area contributed by atoms with Gasteiger partial charge < -0.3 is 24.8 Å². The molecule has 2 saturated carbocycles. The summed E-state index contributed by atoms with van der Waals surface area (Å²) in [4.78, 5) is 65.2. The van der Waals surface area contributed by atoms with Gasteiger partial charge in [-0.05, 0) is 90.2 Å². The van der Waals surface area contributed by atoms with Crippen molar-refractivity contribution in [2.24, 2.45) is 17.8 Å². The van der Waals surface area contributed by atoms with Crippen LogP contribution < -0.4 is 19.5 Å². The van der Waals surface area contributed by atoms with Crippen molar-refractivity contribution >= 4 is 44.9 Å². The highest BCUT2D eigenvalue weighted by atomic mass is 32.2. The molecule has 0 radical (unpaired) electrons. The Labute approximate surface area is 360 Å². The lowest BCUT2D eigenvalue weighted by molar-refractivity contribution is -0.222. The number of nitrogens with one attached hydrogen (secondary N) is 2. The highest BCUT2D eigenvalue weighted by molar-refractivity contribution is 7.91. The van der Waals surface area contributed by atoms with Crippen LogP contribution in [-0.2, 0) is 30.6 Å². The molecule has 2 aromatic rings. The van der Waals surface area contributed by atoms with E-state index in [0.29, 0.717) is 39.5 Å². The first kappa shape index (κ1) is 47.6. The third kappa shape index (κ3) is 9.94. The van der Waals surface area contributed by atoms with Gasteiger partial charge in [-0.1, -0.05) is 32.4 Å². The first-order valence-electron chi connectivity index (χ1n) is 20.9. The SMILES string of the molecule is CC[C@@H]1C[C@H](C)CCC=C[C@@H]2C[C@@]2(C(=O)NS(=O)(=O)C2CC2)NC(=O)[C@@H]2C[C@@H](Oc3nc4cc(OC(C)C)ccc4nc3C(F)(F)F)CN2C(=O)[C@H]1N(C(=O)O)C(C)(C)C(F)(F)F. The zero-order valence-corrected chi connectivity index (χ0v) is 36.4. The summed E-state index contributed by atoms with van der Waals surface area (Å²) in [7, 11) is -4.13. The maximum Gasteiger partial charge on any atom is 0.438 e. The molecule has 0 unspecified atom stereocenters. The van der Waals surface area contributed by atoms with Gasteiger partial charge in [-0.15, -0.1) is 0 Å². The van der Waals surface area contributed by atoms with Gasteiger partial charge in [0.2, 0.25) is 33.4 Å².